The van der Waals surface area contributed by atoms with E-state index in [1.807, 2.05) is 24.3 Å². The van der Waals surface area contributed by atoms with Gasteiger partial charge in [0.15, 0.2) is 0 Å². The summed E-state index contributed by atoms with van der Waals surface area (Å²) >= 11 is 0. The Labute approximate surface area is 228 Å². The maximum absolute atomic E-state index is 13.3. The van der Waals surface area contributed by atoms with E-state index >= 15 is 0 Å². The summed E-state index contributed by atoms with van der Waals surface area (Å²) in [6.45, 7) is 6.39. The zero-order valence-corrected chi connectivity index (χ0v) is 21.8. The predicted molar refractivity (Wildman–Crippen MR) is 152 cm³/mol. The van der Waals surface area contributed by atoms with Crippen molar-refractivity contribution >= 4 is 23.5 Å². The highest BCUT2D eigenvalue weighted by atomic mass is 16.2. The van der Waals surface area contributed by atoms with Gasteiger partial charge in [0.1, 0.15) is 0 Å². The molecule has 1 aliphatic heterocycles. The molecule has 8 heteroatoms. The SMILES string of the molecule is O=C(NCCN1CCN(Cc2ccccc2)CC1)c1ccc(N(C(=O)c2ccccc2)c2ncccn2)cc1. The Morgan fingerprint density at radius 1 is 0.718 bits per heavy atom. The first-order chi connectivity index (χ1) is 19.2. The van der Waals surface area contributed by atoms with Crippen LogP contribution in [0.3, 0.4) is 0 Å². The second-order valence-electron chi connectivity index (χ2n) is 9.46. The smallest absolute Gasteiger partial charge is 0.265 e. The van der Waals surface area contributed by atoms with Crippen molar-refractivity contribution in [2.45, 2.75) is 6.54 Å². The van der Waals surface area contributed by atoms with Gasteiger partial charge in [-0.15, -0.1) is 0 Å². The first-order valence-corrected chi connectivity index (χ1v) is 13.2. The summed E-state index contributed by atoms with van der Waals surface area (Å²) in [6.07, 6.45) is 3.19. The first-order valence-electron chi connectivity index (χ1n) is 13.2. The van der Waals surface area contributed by atoms with Gasteiger partial charge in [0.05, 0.1) is 5.69 Å². The molecule has 1 N–H and O–H groups in total. The standard InChI is InChI=1S/C31H32N6O2/c38-29(32-18-19-35-20-22-36(23-21-35)24-25-8-3-1-4-9-25)26-12-14-28(15-13-26)37(31-33-16-7-17-34-31)30(39)27-10-5-2-6-11-27/h1-17H,18-24H2,(H,32,38). The minimum atomic E-state index is -0.247. The summed E-state index contributed by atoms with van der Waals surface area (Å²) in [5, 5.41) is 3.03. The number of nitrogens with one attached hydrogen (secondary N) is 1. The van der Waals surface area contributed by atoms with Crippen LogP contribution in [-0.4, -0.2) is 70.9 Å². The third-order valence-electron chi connectivity index (χ3n) is 6.79. The van der Waals surface area contributed by atoms with E-state index in [1.165, 1.54) is 10.5 Å². The van der Waals surface area contributed by atoms with Crippen LogP contribution in [0.5, 0.6) is 0 Å². The number of carbonyl (C=O) groups is 2. The molecule has 1 aliphatic rings. The minimum Gasteiger partial charge on any atom is -0.351 e. The molecule has 39 heavy (non-hydrogen) atoms. The Kier molecular flexibility index (Phi) is 8.68. The molecule has 1 saturated heterocycles. The maximum Gasteiger partial charge on any atom is 0.265 e. The molecule has 0 saturated carbocycles. The molecule has 5 rings (SSSR count). The molecular weight excluding hydrogens is 488 g/mol. The van der Waals surface area contributed by atoms with Crippen LogP contribution in [0.1, 0.15) is 26.3 Å². The van der Waals surface area contributed by atoms with Gasteiger partial charge in [0.2, 0.25) is 5.95 Å². The Bertz CT molecular complexity index is 1340. The second-order valence-corrected chi connectivity index (χ2v) is 9.46. The molecule has 1 aromatic heterocycles. The average molecular weight is 521 g/mol. The Morgan fingerprint density at radius 2 is 1.33 bits per heavy atom. The van der Waals surface area contributed by atoms with Gasteiger partial charge in [-0.05, 0) is 48.0 Å². The number of rotatable bonds is 9. The maximum atomic E-state index is 13.3. The Hall–Kier alpha value is -4.40. The Balaban J connectivity index is 1.14. The molecule has 0 spiro atoms. The molecular formula is C31H32N6O2. The van der Waals surface area contributed by atoms with Crippen molar-refractivity contribution in [2.24, 2.45) is 0 Å². The van der Waals surface area contributed by atoms with Crippen LogP contribution in [-0.2, 0) is 6.54 Å². The molecule has 0 bridgehead atoms. The van der Waals surface area contributed by atoms with Crippen molar-refractivity contribution in [3.05, 3.63) is 120 Å². The normalized spacial score (nSPS) is 14.1. The molecule has 4 aromatic rings. The highest BCUT2D eigenvalue weighted by Gasteiger charge is 2.22. The average Bonchev–Trinajstić information content (AvgIpc) is 3.00. The highest BCUT2D eigenvalue weighted by molar-refractivity contribution is 6.10. The van der Waals surface area contributed by atoms with Crippen LogP contribution in [0.4, 0.5) is 11.6 Å². The first kappa shape index (κ1) is 26.2. The fourth-order valence-electron chi connectivity index (χ4n) is 4.64. The monoisotopic (exact) mass is 520 g/mol. The molecule has 3 aromatic carbocycles. The molecule has 0 unspecified atom stereocenters. The molecule has 2 heterocycles. The summed E-state index contributed by atoms with van der Waals surface area (Å²) in [6, 6.07) is 28.2. The summed E-state index contributed by atoms with van der Waals surface area (Å²) < 4.78 is 0. The molecule has 1 fully saturated rings. The third-order valence-corrected chi connectivity index (χ3v) is 6.79. The Morgan fingerprint density at radius 3 is 2.00 bits per heavy atom. The lowest BCUT2D eigenvalue weighted by Crippen LogP contribution is -2.48. The van der Waals surface area contributed by atoms with Crippen LogP contribution >= 0.6 is 0 Å². The zero-order chi connectivity index (χ0) is 26.9. The van der Waals surface area contributed by atoms with E-state index in [0.717, 1.165) is 39.3 Å². The van der Waals surface area contributed by atoms with Crippen molar-refractivity contribution in [3.63, 3.8) is 0 Å². The van der Waals surface area contributed by atoms with Gasteiger partial charge in [-0.2, -0.15) is 0 Å². The fourth-order valence-corrected chi connectivity index (χ4v) is 4.64. The van der Waals surface area contributed by atoms with E-state index in [1.54, 1.807) is 54.9 Å². The lowest BCUT2D eigenvalue weighted by Gasteiger charge is -2.34. The number of hydrogen-bond donors (Lipinski definition) is 1. The summed E-state index contributed by atoms with van der Waals surface area (Å²) in [7, 11) is 0. The van der Waals surface area contributed by atoms with Gasteiger partial charge in [0.25, 0.3) is 11.8 Å². The number of hydrogen-bond acceptors (Lipinski definition) is 6. The van der Waals surface area contributed by atoms with Gasteiger partial charge in [-0.1, -0.05) is 48.5 Å². The van der Waals surface area contributed by atoms with E-state index in [9.17, 15) is 9.59 Å². The molecule has 8 nitrogen and oxygen atoms in total. The van der Waals surface area contributed by atoms with Crippen molar-refractivity contribution in [3.8, 4) is 0 Å². The number of carbonyl (C=O) groups excluding carboxylic acids is 2. The molecule has 0 radical (unpaired) electrons. The molecule has 0 aliphatic carbocycles. The summed E-state index contributed by atoms with van der Waals surface area (Å²) in [5.41, 5.74) is 2.98. The quantitative estimate of drug-likeness (QED) is 0.359. The zero-order valence-electron chi connectivity index (χ0n) is 21.8. The number of nitrogens with zero attached hydrogens (tertiary/aromatic N) is 5. The predicted octanol–water partition coefficient (Wildman–Crippen LogP) is 4.00. The van der Waals surface area contributed by atoms with E-state index in [4.69, 9.17) is 0 Å². The molecule has 2 amide bonds. The van der Waals surface area contributed by atoms with Crippen LogP contribution in [0, 0.1) is 0 Å². The van der Waals surface area contributed by atoms with Gasteiger partial charge >= 0.3 is 0 Å². The molecule has 0 atom stereocenters. The largest absolute Gasteiger partial charge is 0.351 e. The van der Waals surface area contributed by atoms with Crippen LogP contribution < -0.4 is 10.2 Å². The minimum absolute atomic E-state index is 0.138. The number of piperazine rings is 1. The van der Waals surface area contributed by atoms with E-state index in [2.05, 4.69) is 49.4 Å². The third kappa shape index (κ3) is 6.93. The van der Waals surface area contributed by atoms with Crippen molar-refractivity contribution < 1.29 is 9.59 Å². The number of anilines is 2. The molecule has 198 valence electrons. The second kappa shape index (κ2) is 12.9. The lowest BCUT2D eigenvalue weighted by molar-refractivity contribution is 0.0933. The van der Waals surface area contributed by atoms with Crippen molar-refractivity contribution in [2.75, 3.05) is 44.2 Å². The fraction of sp³-hybridized carbons (Fsp3) is 0.226. The van der Waals surface area contributed by atoms with Crippen LogP contribution in [0.2, 0.25) is 0 Å². The summed E-state index contributed by atoms with van der Waals surface area (Å²) in [4.78, 5) is 41.0. The van der Waals surface area contributed by atoms with E-state index in [-0.39, 0.29) is 17.8 Å². The number of benzene rings is 3. The van der Waals surface area contributed by atoms with Gasteiger partial charge in [-0.3, -0.25) is 19.4 Å². The number of aromatic nitrogens is 2. The topological polar surface area (TPSA) is 81.7 Å². The van der Waals surface area contributed by atoms with Crippen molar-refractivity contribution in [1.29, 1.82) is 0 Å². The van der Waals surface area contributed by atoms with E-state index in [0.29, 0.717) is 23.4 Å². The van der Waals surface area contributed by atoms with Crippen molar-refractivity contribution in [1.82, 2.24) is 25.1 Å². The van der Waals surface area contributed by atoms with Crippen LogP contribution in [0.15, 0.2) is 103 Å². The van der Waals surface area contributed by atoms with Gasteiger partial charge in [0, 0.05) is 69.3 Å². The van der Waals surface area contributed by atoms with E-state index < -0.39 is 0 Å². The van der Waals surface area contributed by atoms with Gasteiger partial charge in [-0.25, -0.2) is 14.9 Å². The number of amides is 2. The van der Waals surface area contributed by atoms with Gasteiger partial charge < -0.3 is 5.32 Å². The highest BCUT2D eigenvalue weighted by Crippen LogP contribution is 2.25. The lowest BCUT2D eigenvalue weighted by atomic mass is 10.1. The van der Waals surface area contributed by atoms with Crippen LogP contribution in [0.25, 0.3) is 0 Å². The summed E-state index contributed by atoms with van der Waals surface area (Å²) in [5.74, 6) is -0.114.